The summed E-state index contributed by atoms with van der Waals surface area (Å²) in [6.07, 6.45) is -0.235. The fourth-order valence-electron chi connectivity index (χ4n) is 1.96. The zero-order valence-corrected chi connectivity index (χ0v) is 14.1. The van der Waals surface area contributed by atoms with E-state index in [1.54, 1.807) is 13.8 Å². The Labute approximate surface area is 136 Å². The number of esters is 2. The lowest BCUT2D eigenvalue weighted by molar-refractivity contribution is -0.157. The monoisotopic (exact) mass is 330 g/mol. The van der Waals surface area contributed by atoms with Crippen LogP contribution in [0.15, 0.2) is 0 Å². The molecule has 0 rings (SSSR count). The largest absolute Gasteiger partial charge is 0.466 e. The van der Waals surface area contributed by atoms with Crippen LogP contribution in [-0.4, -0.2) is 43.0 Å². The molecule has 0 aromatic rings. The Morgan fingerprint density at radius 2 is 1.57 bits per heavy atom. The van der Waals surface area contributed by atoms with Crippen LogP contribution in [0.3, 0.4) is 0 Å². The van der Waals surface area contributed by atoms with Crippen LogP contribution in [-0.2, 0) is 28.7 Å². The van der Waals surface area contributed by atoms with Gasteiger partial charge in [-0.25, -0.2) is 0 Å². The molecule has 0 radical (unpaired) electrons. The zero-order valence-electron chi connectivity index (χ0n) is 14.1. The second-order valence-corrected chi connectivity index (χ2v) is 5.41. The smallest absolute Gasteiger partial charge is 0.312 e. The average Bonchev–Trinajstić information content (AvgIpc) is 2.42. The number of amides is 2. The lowest BCUT2D eigenvalue weighted by Crippen LogP contribution is -2.52. The Morgan fingerprint density at radius 1 is 1.00 bits per heavy atom. The fourth-order valence-corrected chi connectivity index (χ4v) is 1.96. The van der Waals surface area contributed by atoms with Gasteiger partial charge in [0.15, 0.2) is 0 Å². The first-order chi connectivity index (χ1) is 10.7. The first-order valence-electron chi connectivity index (χ1n) is 7.63. The van der Waals surface area contributed by atoms with E-state index < -0.39 is 42.1 Å². The highest BCUT2D eigenvalue weighted by Gasteiger charge is 2.37. The normalized spacial score (nSPS) is 13.1. The molecule has 0 spiro atoms. The molecule has 0 aromatic carbocycles. The molecule has 0 saturated heterocycles. The number of carbonyl (C=O) groups is 4. The first kappa shape index (κ1) is 20.9. The number of nitrogens with one attached hydrogen (secondary N) is 1. The predicted octanol–water partition coefficient (Wildman–Crippen LogP) is 0.135. The molecule has 8 nitrogen and oxygen atoms in total. The summed E-state index contributed by atoms with van der Waals surface area (Å²) in [6.45, 7) is 7.09. The molecule has 0 aliphatic heterocycles. The van der Waals surface area contributed by atoms with Gasteiger partial charge in [0, 0.05) is 6.42 Å². The molecule has 23 heavy (non-hydrogen) atoms. The third-order valence-electron chi connectivity index (χ3n) is 2.90. The molecule has 0 fully saturated rings. The Balaban J connectivity index is 5.22. The lowest BCUT2D eigenvalue weighted by Gasteiger charge is -2.24. The Kier molecular flexibility index (Phi) is 9.60. The summed E-state index contributed by atoms with van der Waals surface area (Å²) in [5, 5.41) is 2.41. The van der Waals surface area contributed by atoms with E-state index in [0.717, 1.165) is 0 Å². The number of carbonyl (C=O) groups excluding carboxylic acids is 4. The summed E-state index contributed by atoms with van der Waals surface area (Å²) in [7, 11) is 0. The minimum absolute atomic E-state index is 0.0645. The summed E-state index contributed by atoms with van der Waals surface area (Å²) in [4.78, 5) is 47.2. The van der Waals surface area contributed by atoms with Crippen molar-refractivity contribution in [3.8, 4) is 0 Å². The molecule has 0 saturated carbocycles. The van der Waals surface area contributed by atoms with Crippen LogP contribution in [0, 0.1) is 11.8 Å². The van der Waals surface area contributed by atoms with E-state index in [2.05, 4.69) is 5.32 Å². The van der Waals surface area contributed by atoms with Crippen LogP contribution in [0.4, 0.5) is 0 Å². The molecule has 3 N–H and O–H groups in total. The number of rotatable bonds is 10. The van der Waals surface area contributed by atoms with Crippen molar-refractivity contribution >= 4 is 23.8 Å². The van der Waals surface area contributed by atoms with Gasteiger partial charge in [-0.05, 0) is 19.8 Å². The van der Waals surface area contributed by atoms with Gasteiger partial charge in [-0.2, -0.15) is 0 Å². The molecule has 0 bridgehead atoms. The highest BCUT2D eigenvalue weighted by atomic mass is 16.5. The summed E-state index contributed by atoms with van der Waals surface area (Å²) >= 11 is 0. The van der Waals surface area contributed by atoms with Crippen molar-refractivity contribution in [3.05, 3.63) is 0 Å². The van der Waals surface area contributed by atoms with Crippen LogP contribution in [0.1, 0.15) is 40.5 Å². The third-order valence-corrected chi connectivity index (χ3v) is 2.90. The average molecular weight is 330 g/mol. The lowest BCUT2D eigenvalue weighted by atomic mass is 9.95. The van der Waals surface area contributed by atoms with Crippen molar-refractivity contribution in [2.75, 3.05) is 13.2 Å². The van der Waals surface area contributed by atoms with Gasteiger partial charge in [0.05, 0.1) is 25.6 Å². The van der Waals surface area contributed by atoms with Gasteiger partial charge in [-0.3, -0.25) is 19.2 Å². The fraction of sp³-hybridized carbons (Fsp3) is 0.733. The van der Waals surface area contributed by atoms with E-state index in [0.29, 0.717) is 0 Å². The molecule has 8 heteroatoms. The van der Waals surface area contributed by atoms with Gasteiger partial charge in [0.2, 0.25) is 11.8 Å². The van der Waals surface area contributed by atoms with Gasteiger partial charge < -0.3 is 20.5 Å². The van der Waals surface area contributed by atoms with Crippen molar-refractivity contribution in [1.29, 1.82) is 0 Å². The number of nitrogens with two attached hydrogens (primary N) is 1. The molecule has 0 aliphatic carbocycles. The van der Waals surface area contributed by atoms with Gasteiger partial charge in [-0.1, -0.05) is 13.8 Å². The van der Waals surface area contributed by atoms with Crippen LogP contribution >= 0.6 is 0 Å². The number of ether oxygens (including phenoxy) is 2. The summed E-state index contributed by atoms with van der Waals surface area (Å²) in [5.41, 5.74) is 5.29. The Morgan fingerprint density at radius 3 is 2.00 bits per heavy atom. The van der Waals surface area contributed by atoms with Crippen molar-refractivity contribution in [2.45, 2.75) is 46.6 Å². The number of hydrogen-bond acceptors (Lipinski definition) is 6. The van der Waals surface area contributed by atoms with E-state index in [9.17, 15) is 19.2 Å². The molecule has 2 atom stereocenters. The second kappa shape index (κ2) is 10.6. The Hall–Kier alpha value is -2.12. The standard InChI is InChI=1S/C15H26N2O6/c1-5-22-12(19)8-10(15(21)23-6-2)13(14(16)20)17-11(18)7-9(3)4/h9-10,13H,5-8H2,1-4H3,(H2,16,20)(H,17,18)/t10-,13+/m0/s1. The third kappa shape index (κ3) is 8.18. The predicted molar refractivity (Wildman–Crippen MR) is 82.0 cm³/mol. The van der Waals surface area contributed by atoms with E-state index in [-0.39, 0.29) is 25.6 Å². The van der Waals surface area contributed by atoms with E-state index >= 15 is 0 Å². The molecule has 2 amide bonds. The molecule has 0 aliphatic rings. The highest BCUT2D eigenvalue weighted by molar-refractivity contribution is 5.92. The zero-order chi connectivity index (χ0) is 18.0. The second-order valence-electron chi connectivity index (χ2n) is 5.41. The SMILES string of the molecule is CCOC(=O)C[C@H](C(=O)OCC)[C@@H](NC(=O)CC(C)C)C(N)=O. The van der Waals surface area contributed by atoms with Crippen molar-refractivity contribution in [2.24, 2.45) is 17.6 Å². The molecule has 0 unspecified atom stereocenters. The van der Waals surface area contributed by atoms with Crippen LogP contribution in [0.2, 0.25) is 0 Å². The first-order valence-corrected chi connectivity index (χ1v) is 7.63. The summed E-state index contributed by atoms with van der Waals surface area (Å²) < 4.78 is 9.66. The highest BCUT2D eigenvalue weighted by Crippen LogP contribution is 2.14. The Bertz CT molecular complexity index is 436. The summed E-state index contributed by atoms with van der Waals surface area (Å²) in [6, 6.07) is -1.33. The molecule has 0 aromatic heterocycles. The minimum Gasteiger partial charge on any atom is -0.466 e. The quantitative estimate of drug-likeness (QED) is 0.549. The maximum Gasteiger partial charge on any atom is 0.312 e. The molecule has 0 heterocycles. The maximum atomic E-state index is 12.0. The van der Waals surface area contributed by atoms with Gasteiger partial charge in [-0.15, -0.1) is 0 Å². The van der Waals surface area contributed by atoms with E-state index in [4.69, 9.17) is 15.2 Å². The van der Waals surface area contributed by atoms with Crippen LogP contribution < -0.4 is 11.1 Å². The minimum atomic E-state index is -1.33. The van der Waals surface area contributed by atoms with Crippen LogP contribution in [0.25, 0.3) is 0 Å². The van der Waals surface area contributed by atoms with Crippen molar-refractivity contribution < 1.29 is 28.7 Å². The topological polar surface area (TPSA) is 125 Å². The van der Waals surface area contributed by atoms with Gasteiger partial charge >= 0.3 is 11.9 Å². The van der Waals surface area contributed by atoms with Gasteiger partial charge in [0.1, 0.15) is 6.04 Å². The number of primary amides is 1. The molecular formula is C15H26N2O6. The molecular weight excluding hydrogens is 304 g/mol. The van der Waals surface area contributed by atoms with E-state index in [1.165, 1.54) is 0 Å². The molecule has 132 valence electrons. The van der Waals surface area contributed by atoms with Gasteiger partial charge in [0.25, 0.3) is 0 Å². The van der Waals surface area contributed by atoms with Crippen molar-refractivity contribution in [1.82, 2.24) is 5.32 Å². The maximum absolute atomic E-state index is 12.0. The number of hydrogen-bond donors (Lipinski definition) is 2. The van der Waals surface area contributed by atoms with E-state index in [1.807, 2.05) is 13.8 Å². The van der Waals surface area contributed by atoms with Crippen molar-refractivity contribution in [3.63, 3.8) is 0 Å². The van der Waals surface area contributed by atoms with Crippen LogP contribution in [0.5, 0.6) is 0 Å². The summed E-state index contributed by atoms with van der Waals surface area (Å²) in [5.74, 6) is -3.95.